The van der Waals surface area contributed by atoms with Crippen LogP contribution in [-0.2, 0) is 5.41 Å². The highest BCUT2D eigenvalue weighted by Crippen LogP contribution is 2.21. The van der Waals surface area contributed by atoms with E-state index in [9.17, 15) is 0 Å². The van der Waals surface area contributed by atoms with Crippen LogP contribution in [0.3, 0.4) is 0 Å². The highest BCUT2D eigenvalue weighted by atomic mass is 15.3. The van der Waals surface area contributed by atoms with E-state index in [1.165, 1.54) is 5.39 Å². The molecule has 0 atom stereocenters. The molecule has 0 spiro atoms. The molecule has 0 fully saturated rings. The number of aromatic nitrogens is 3. The van der Waals surface area contributed by atoms with E-state index in [4.69, 9.17) is 0 Å². The molecule has 0 bridgehead atoms. The number of hydrogen-bond donors (Lipinski definition) is 0. The van der Waals surface area contributed by atoms with Gasteiger partial charge in [-0.05, 0) is 17.5 Å². The van der Waals surface area contributed by atoms with Crippen molar-refractivity contribution < 1.29 is 0 Å². The summed E-state index contributed by atoms with van der Waals surface area (Å²) in [6, 6.07) is 12.3. The molecule has 0 aliphatic rings. The lowest BCUT2D eigenvalue weighted by Gasteiger charge is -2.14. The lowest BCUT2D eigenvalue weighted by Crippen LogP contribution is -2.12. The first-order valence-electron chi connectivity index (χ1n) is 6.45. The van der Waals surface area contributed by atoms with Crippen molar-refractivity contribution in [3.8, 4) is 5.82 Å². The van der Waals surface area contributed by atoms with Gasteiger partial charge in [-0.1, -0.05) is 45.0 Å². The quantitative estimate of drug-likeness (QED) is 0.660. The second kappa shape index (κ2) is 4.19. The fraction of sp³-hybridized carbons (Fsp3) is 0.250. The Bertz CT molecular complexity index is 720. The topological polar surface area (TPSA) is 30.7 Å². The molecule has 0 aliphatic heterocycles. The minimum absolute atomic E-state index is 0.0576. The zero-order valence-electron chi connectivity index (χ0n) is 11.5. The van der Waals surface area contributed by atoms with Crippen molar-refractivity contribution >= 4 is 10.8 Å². The summed E-state index contributed by atoms with van der Waals surface area (Å²) in [5, 5.41) is 6.94. The van der Waals surface area contributed by atoms with Gasteiger partial charge < -0.3 is 0 Å². The molecule has 0 saturated carbocycles. The van der Waals surface area contributed by atoms with Gasteiger partial charge in [0.25, 0.3) is 0 Å². The fourth-order valence-corrected chi connectivity index (χ4v) is 2.05. The zero-order chi connectivity index (χ0) is 13.5. The van der Waals surface area contributed by atoms with Crippen LogP contribution in [0.25, 0.3) is 16.6 Å². The smallest absolute Gasteiger partial charge is 0.153 e. The summed E-state index contributed by atoms with van der Waals surface area (Å²) in [7, 11) is 0. The third-order valence-electron chi connectivity index (χ3n) is 3.21. The molecule has 0 unspecified atom stereocenters. The van der Waals surface area contributed by atoms with Crippen LogP contribution in [0.5, 0.6) is 0 Å². The second-order valence-corrected chi connectivity index (χ2v) is 5.79. The molecule has 1 aromatic carbocycles. The van der Waals surface area contributed by atoms with Crippen molar-refractivity contribution in [1.29, 1.82) is 0 Å². The molecule has 2 aromatic heterocycles. The standard InChI is InChI=1S/C16H17N3/c1-16(2,3)14-8-9-19(18-14)15-10-12-6-4-5-7-13(12)11-17-15/h4-11H,1-3H3. The predicted octanol–water partition coefficient (Wildman–Crippen LogP) is 3.72. The number of rotatable bonds is 1. The minimum atomic E-state index is 0.0576. The number of fused-ring (bicyclic) bond motifs is 1. The van der Waals surface area contributed by atoms with Gasteiger partial charge in [0.05, 0.1) is 5.69 Å². The average molecular weight is 251 g/mol. The maximum atomic E-state index is 4.61. The summed E-state index contributed by atoms with van der Waals surface area (Å²) in [5.41, 5.74) is 1.13. The van der Waals surface area contributed by atoms with Gasteiger partial charge in [-0.3, -0.25) is 0 Å². The van der Waals surface area contributed by atoms with Gasteiger partial charge in [-0.25, -0.2) is 9.67 Å². The molecule has 3 nitrogen and oxygen atoms in total. The predicted molar refractivity (Wildman–Crippen MR) is 77.6 cm³/mol. The highest BCUT2D eigenvalue weighted by Gasteiger charge is 2.17. The molecule has 0 saturated heterocycles. The fourth-order valence-electron chi connectivity index (χ4n) is 2.05. The van der Waals surface area contributed by atoms with E-state index >= 15 is 0 Å². The van der Waals surface area contributed by atoms with Crippen LogP contribution in [0.15, 0.2) is 48.8 Å². The van der Waals surface area contributed by atoms with Gasteiger partial charge in [0.1, 0.15) is 0 Å². The van der Waals surface area contributed by atoms with E-state index in [1.54, 1.807) is 0 Å². The first-order chi connectivity index (χ1) is 9.04. The molecule has 19 heavy (non-hydrogen) atoms. The van der Waals surface area contributed by atoms with Crippen molar-refractivity contribution in [3.63, 3.8) is 0 Å². The van der Waals surface area contributed by atoms with Crippen LogP contribution >= 0.6 is 0 Å². The third-order valence-corrected chi connectivity index (χ3v) is 3.21. The Morgan fingerprint density at radius 2 is 1.74 bits per heavy atom. The Labute approximate surface area is 112 Å². The van der Waals surface area contributed by atoms with Crippen LogP contribution in [0.2, 0.25) is 0 Å². The summed E-state index contributed by atoms with van der Waals surface area (Å²) in [4.78, 5) is 4.47. The van der Waals surface area contributed by atoms with Crippen LogP contribution < -0.4 is 0 Å². The van der Waals surface area contributed by atoms with E-state index in [0.717, 1.165) is 16.9 Å². The number of hydrogen-bond acceptors (Lipinski definition) is 2. The maximum absolute atomic E-state index is 4.61. The molecule has 0 N–H and O–H groups in total. The Morgan fingerprint density at radius 1 is 1.00 bits per heavy atom. The molecule has 0 radical (unpaired) electrons. The summed E-state index contributed by atoms with van der Waals surface area (Å²) in [6.07, 6.45) is 3.86. The van der Waals surface area contributed by atoms with Crippen LogP contribution in [0.4, 0.5) is 0 Å². The Balaban J connectivity index is 2.07. The molecule has 0 amide bonds. The Kier molecular flexibility index (Phi) is 2.63. The second-order valence-electron chi connectivity index (χ2n) is 5.79. The van der Waals surface area contributed by atoms with Crippen LogP contribution in [-0.4, -0.2) is 14.8 Å². The molecule has 3 heteroatoms. The molecular formula is C16H17N3. The van der Waals surface area contributed by atoms with Crippen LogP contribution in [0, 0.1) is 0 Å². The van der Waals surface area contributed by atoms with Crippen molar-refractivity contribution in [2.75, 3.05) is 0 Å². The van der Waals surface area contributed by atoms with E-state index in [-0.39, 0.29) is 5.41 Å². The molecule has 3 aromatic rings. The van der Waals surface area contributed by atoms with Gasteiger partial charge in [-0.15, -0.1) is 0 Å². The number of benzene rings is 1. The highest BCUT2D eigenvalue weighted by molar-refractivity contribution is 5.82. The van der Waals surface area contributed by atoms with Crippen molar-refractivity contribution in [2.45, 2.75) is 26.2 Å². The van der Waals surface area contributed by atoms with E-state index in [0.29, 0.717) is 0 Å². The molecule has 96 valence electrons. The van der Waals surface area contributed by atoms with Gasteiger partial charge in [0.15, 0.2) is 5.82 Å². The van der Waals surface area contributed by atoms with Crippen molar-refractivity contribution in [1.82, 2.24) is 14.8 Å². The van der Waals surface area contributed by atoms with Gasteiger partial charge >= 0.3 is 0 Å². The lowest BCUT2D eigenvalue weighted by atomic mass is 9.93. The van der Waals surface area contributed by atoms with E-state index < -0.39 is 0 Å². The molecule has 2 heterocycles. The average Bonchev–Trinajstić information content (AvgIpc) is 2.87. The molecular weight excluding hydrogens is 234 g/mol. The summed E-state index contributed by atoms with van der Waals surface area (Å²) >= 11 is 0. The normalized spacial score (nSPS) is 11.9. The summed E-state index contributed by atoms with van der Waals surface area (Å²) < 4.78 is 1.84. The Morgan fingerprint density at radius 3 is 2.42 bits per heavy atom. The minimum Gasteiger partial charge on any atom is -0.236 e. The monoisotopic (exact) mass is 251 g/mol. The maximum Gasteiger partial charge on any atom is 0.153 e. The largest absolute Gasteiger partial charge is 0.236 e. The third kappa shape index (κ3) is 2.24. The zero-order valence-corrected chi connectivity index (χ0v) is 11.5. The van der Waals surface area contributed by atoms with Gasteiger partial charge in [0.2, 0.25) is 0 Å². The van der Waals surface area contributed by atoms with Gasteiger partial charge in [0, 0.05) is 23.2 Å². The van der Waals surface area contributed by atoms with E-state index in [2.05, 4.69) is 55.1 Å². The lowest BCUT2D eigenvalue weighted by molar-refractivity contribution is 0.559. The van der Waals surface area contributed by atoms with Crippen molar-refractivity contribution in [3.05, 3.63) is 54.5 Å². The van der Waals surface area contributed by atoms with E-state index in [1.807, 2.05) is 29.2 Å². The van der Waals surface area contributed by atoms with Gasteiger partial charge in [-0.2, -0.15) is 5.10 Å². The SMILES string of the molecule is CC(C)(C)c1ccn(-c2cc3ccccc3cn2)n1. The number of nitrogens with zero attached hydrogens (tertiary/aromatic N) is 3. The first kappa shape index (κ1) is 11.9. The summed E-state index contributed by atoms with van der Waals surface area (Å²) in [6.45, 7) is 6.48. The Hall–Kier alpha value is -2.16. The summed E-state index contributed by atoms with van der Waals surface area (Å²) in [5.74, 6) is 0.856. The number of pyridine rings is 1. The molecule has 0 aliphatic carbocycles. The van der Waals surface area contributed by atoms with Crippen molar-refractivity contribution in [2.24, 2.45) is 0 Å². The first-order valence-corrected chi connectivity index (χ1v) is 6.45. The molecule has 3 rings (SSSR count). The van der Waals surface area contributed by atoms with Crippen LogP contribution in [0.1, 0.15) is 26.5 Å².